The van der Waals surface area contributed by atoms with Gasteiger partial charge in [0.05, 0.1) is 24.8 Å². The van der Waals surface area contributed by atoms with Gasteiger partial charge in [0.2, 0.25) is 11.9 Å². The van der Waals surface area contributed by atoms with Crippen molar-refractivity contribution in [2.45, 2.75) is 32.0 Å². The number of aromatic nitrogens is 5. The van der Waals surface area contributed by atoms with Crippen LogP contribution in [0.25, 0.3) is 11.5 Å². The summed E-state index contributed by atoms with van der Waals surface area (Å²) in [7, 11) is 1.26. The molecule has 0 saturated heterocycles. The van der Waals surface area contributed by atoms with Crippen molar-refractivity contribution in [3.8, 4) is 11.5 Å². The lowest BCUT2D eigenvalue weighted by Crippen LogP contribution is -2.30. The highest BCUT2D eigenvalue weighted by molar-refractivity contribution is 5.72. The SMILES string of the molecule is COC(=O)Cc1cccc(-c2nc(NCC(C)(C)O)nc(Nc3ccnc(C(F)(F)F)c3)n2)n1. The molecule has 0 amide bonds. The third-order valence-corrected chi connectivity index (χ3v) is 4.21. The van der Waals surface area contributed by atoms with Crippen molar-refractivity contribution >= 4 is 23.6 Å². The molecule has 3 heterocycles. The van der Waals surface area contributed by atoms with Gasteiger partial charge in [-0.15, -0.1) is 0 Å². The third-order valence-electron chi connectivity index (χ3n) is 4.21. The van der Waals surface area contributed by atoms with Gasteiger partial charge in [-0.2, -0.15) is 28.1 Å². The molecule has 0 aliphatic carbocycles. The summed E-state index contributed by atoms with van der Waals surface area (Å²) in [5.74, 6) is -0.399. The molecule has 0 aliphatic rings. The fraction of sp³-hybridized carbons (Fsp3) is 0.333. The fourth-order valence-corrected chi connectivity index (χ4v) is 2.64. The largest absolute Gasteiger partial charge is 0.469 e. The summed E-state index contributed by atoms with van der Waals surface area (Å²) in [6, 6.07) is 7.04. The number of anilines is 3. The fourth-order valence-electron chi connectivity index (χ4n) is 2.64. The Morgan fingerprint density at radius 2 is 1.82 bits per heavy atom. The van der Waals surface area contributed by atoms with Crippen molar-refractivity contribution in [3.63, 3.8) is 0 Å². The van der Waals surface area contributed by atoms with Crippen molar-refractivity contribution in [2.75, 3.05) is 24.3 Å². The van der Waals surface area contributed by atoms with Crippen LogP contribution in [0.2, 0.25) is 0 Å². The second-order valence-corrected chi connectivity index (χ2v) is 7.79. The number of hydrogen-bond donors (Lipinski definition) is 3. The number of aliphatic hydroxyl groups is 1. The summed E-state index contributed by atoms with van der Waals surface area (Å²) in [6.07, 6.45) is -3.68. The Bertz CT molecular complexity index is 1170. The van der Waals surface area contributed by atoms with Gasteiger partial charge in [-0.1, -0.05) is 6.07 Å². The first-order chi connectivity index (χ1) is 15.9. The Morgan fingerprint density at radius 3 is 2.50 bits per heavy atom. The summed E-state index contributed by atoms with van der Waals surface area (Å²) in [4.78, 5) is 32.0. The molecular formula is C21H22F3N7O3. The second kappa shape index (κ2) is 9.95. The van der Waals surface area contributed by atoms with E-state index in [1.807, 2.05) is 0 Å². The molecule has 0 saturated carbocycles. The zero-order chi connectivity index (χ0) is 24.9. The highest BCUT2D eigenvalue weighted by Gasteiger charge is 2.32. The Morgan fingerprint density at radius 1 is 1.09 bits per heavy atom. The molecule has 0 atom stereocenters. The standard InChI is InChI=1S/C21H22F3N7O3/c1-20(2,33)11-26-18-29-17(14-6-4-5-12(27-14)10-16(32)34-3)30-19(31-18)28-13-7-8-25-15(9-13)21(22,23)24/h4-9,33H,10-11H2,1-3H3,(H2,25,26,28,29,30,31). The average Bonchev–Trinajstić information content (AvgIpc) is 2.77. The van der Waals surface area contributed by atoms with Gasteiger partial charge in [0.15, 0.2) is 5.82 Å². The minimum Gasteiger partial charge on any atom is -0.469 e. The van der Waals surface area contributed by atoms with Gasteiger partial charge in [0, 0.05) is 18.4 Å². The van der Waals surface area contributed by atoms with Crippen molar-refractivity contribution in [1.82, 2.24) is 24.9 Å². The van der Waals surface area contributed by atoms with Crippen LogP contribution in [-0.2, 0) is 22.1 Å². The van der Waals surface area contributed by atoms with E-state index < -0.39 is 23.4 Å². The van der Waals surface area contributed by atoms with Gasteiger partial charge in [-0.3, -0.25) is 9.78 Å². The van der Waals surface area contributed by atoms with Crippen LogP contribution >= 0.6 is 0 Å². The van der Waals surface area contributed by atoms with Crippen molar-refractivity contribution < 1.29 is 27.8 Å². The third kappa shape index (κ3) is 7.07. The number of esters is 1. The molecule has 0 aromatic carbocycles. The molecule has 3 N–H and O–H groups in total. The van der Waals surface area contributed by atoms with Gasteiger partial charge in [-0.05, 0) is 38.1 Å². The molecule has 0 radical (unpaired) electrons. The van der Waals surface area contributed by atoms with E-state index in [1.165, 1.54) is 13.2 Å². The number of ether oxygens (including phenoxy) is 1. The lowest BCUT2D eigenvalue weighted by molar-refractivity contribution is -0.141. The first kappa shape index (κ1) is 24.8. The number of carbonyl (C=O) groups is 1. The molecule has 0 fully saturated rings. The van der Waals surface area contributed by atoms with Crippen LogP contribution in [0, 0.1) is 0 Å². The maximum Gasteiger partial charge on any atom is 0.433 e. The van der Waals surface area contributed by atoms with Crippen LogP contribution in [0.15, 0.2) is 36.5 Å². The van der Waals surface area contributed by atoms with Gasteiger partial charge >= 0.3 is 12.1 Å². The average molecular weight is 477 g/mol. The Kier molecular flexibility index (Phi) is 7.25. The molecule has 0 aliphatic heterocycles. The molecule has 3 aromatic heterocycles. The zero-order valence-electron chi connectivity index (χ0n) is 18.5. The number of nitrogens with zero attached hydrogens (tertiary/aromatic N) is 5. The van der Waals surface area contributed by atoms with E-state index in [0.29, 0.717) is 11.4 Å². The molecule has 0 bridgehead atoms. The molecule has 13 heteroatoms. The zero-order valence-corrected chi connectivity index (χ0v) is 18.5. The topological polar surface area (TPSA) is 135 Å². The molecule has 3 rings (SSSR count). The number of nitrogens with one attached hydrogen (secondary N) is 2. The van der Waals surface area contributed by atoms with Gasteiger partial charge in [0.1, 0.15) is 11.4 Å². The number of methoxy groups -OCH3 is 1. The van der Waals surface area contributed by atoms with Crippen LogP contribution in [0.1, 0.15) is 25.2 Å². The molecule has 0 spiro atoms. The van der Waals surface area contributed by atoms with E-state index in [2.05, 4.69) is 40.3 Å². The van der Waals surface area contributed by atoms with E-state index >= 15 is 0 Å². The van der Waals surface area contributed by atoms with Crippen LogP contribution in [0.3, 0.4) is 0 Å². The summed E-state index contributed by atoms with van der Waals surface area (Å²) >= 11 is 0. The Balaban J connectivity index is 1.98. The van der Waals surface area contributed by atoms with Gasteiger partial charge in [0.25, 0.3) is 0 Å². The van der Waals surface area contributed by atoms with Crippen LogP contribution in [0.5, 0.6) is 0 Å². The van der Waals surface area contributed by atoms with E-state index in [0.717, 1.165) is 12.3 Å². The minimum absolute atomic E-state index is 0.0555. The number of pyridine rings is 2. The van der Waals surface area contributed by atoms with Crippen molar-refractivity contribution in [1.29, 1.82) is 0 Å². The van der Waals surface area contributed by atoms with Crippen LogP contribution < -0.4 is 10.6 Å². The lowest BCUT2D eigenvalue weighted by Gasteiger charge is -2.18. The quantitative estimate of drug-likeness (QED) is 0.416. The summed E-state index contributed by atoms with van der Waals surface area (Å²) in [5, 5.41) is 15.6. The Hall–Kier alpha value is -3.87. The van der Waals surface area contributed by atoms with Crippen molar-refractivity contribution in [2.24, 2.45) is 0 Å². The molecule has 180 valence electrons. The first-order valence-electron chi connectivity index (χ1n) is 9.99. The molecule has 0 unspecified atom stereocenters. The van der Waals surface area contributed by atoms with E-state index in [1.54, 1.807) is 32.0 Å². The number of halogens is 3. The minimum atomic E-state index is -4.62. The predicted molar refractivity (Wildman–Crippen MR) is 116 cm³/mol. The van der Waals surface area contributed by atoms with E-state index in [9.17, 15) is 23.1 Å². The first-order valence-corrected chi connectivity index (χ1v) is 9.99. The highest BCUT2D eigenvalue weighted by Crippen LogP contribution is 2.29. The van der Waals surface area contributed by atoms with Gasteiger partial charge in [-0.25, -0.2) is 4.98 Å². The van der Waals surface area contributed by atoms with Crippen LogP contribution in [-0.4, -0.2) is 55.3 Å². The molecule has 3 aromatic rings. The second-order valence-electron chi connectivity index (χ2n) is 7.79. The number of rotatable bonds is 8. The number of alkyl halides is 3. The van der Waals surface area contributed by atoms with Crippen LogP contribution in [0.4, 0.5) is 30.8 Å². The molecule has 10 nitrogen and oxygen atoms in total. The van der Waals surface area contributed by atoms with Gasteiger partial charge < -0.3 is 20.5 Å². The van der Waals surface area contributed by atoms with E-state index in [4.69, 9.17) is 0 Å². The number of carbonyl (C=O) groups excluding carboxylic acids is 1. The molecular weight excluding hydrogens is 455 g/mol. The van der Waals surface area contributed by atoms with E-state index in [-0.39, 0.29) is 36.4 Å². The monoisotopic (exact) mass is 477 g/mol. The number of hydrogen-bond acceptors (Lipinski definition) is 10. The Labute approximate surface area is 192 Å². The normalized spacial score (nSPS) is 11.7. The molecule has 34 heavy (non-hydrogen) atoms. The summed E-state index contributed by atoms with van der Waals surface area (Å²) < 4.78 is 43.7. The predicted octanol–water partition coefficient (Wildman–Crippen LogP) is 2.99. The smallest absolute Gasteiger partial charge is 0.433 e. The lowest BCUT2D eigenvalue weighted by atomic mass is 10.1. The summed E-state index contributed by atoms with van der Waals surface area (Å²) in [5.41, 5.74) is -1.41. The summed E-state index contributed by atoms with van der Waals surface area (Å²) in [6.45, 7) is 3.24. The highest BCUT2D eigenvalue weighted by atomic mass is 19.4. The maximum atomic E-state index is 13.0. The van der Waals surface area contributed by atoms with Crippen molar-refractivity contribution in [3.05, 3.63) is 47.9 Å². The maximum absolute atomic E-state index is 13.0.